The van der Waals surface area contributed by atoms with Gasteiger partial charge in [-0.15, -0.1) is 0 Å². The lowest BCUT2D eigenvalue weighted by molar-refractivity contribution is -0.0188. The fourth-order valence-electron chi connectivity index (χ4n) is 1.54. The fraction of sp³-hybridized carbons (Fsp3) is 0.375. The van der Waals surface area contributed by atoms with Gasteiger partial charge < -0.3 is 9.47 Å². The van der Waals surface area contributed by atoms with E-state index in [-0.39, 0.29) is 5.78 Å². The van der Waals surface area contributed by atoms with Crippen LogP contribution in [0, 0.1) is 0 Å². The normalized spacial score (nSPS) is 12.4. The van der Waals surface area contributed by atoms with Gasteiger partial charge in [-0.05, 0) is 39.3 Å². The van der Waals surface area contributed by atoms with Crippen molar-refractivity contribution in [1.29, 1.82) is 0 Å². The highest BCUT2D eigenvalue weighted by molar-refractivity contribution is 5.94. The predicted molar refractivity (Wildman–Crippen MR) is 76.7 cm³/mol. The molecule has 0 aliphatic rings. The number of Topliss-reactive ketones (excluding diaryl/α,β-unsaturated/α-hetero) is 1. The molecule has 0 N–H and O–H groups in total. The lowest BCUT2D eigenvalue weighted by atomic mass is 10.1. The molecular weight excluding hydrogens is 256 g/mol. The maximum Gasteiger partial charge on any atom is 0.509 e. The van der Waals surface area contributed by atoms with Gasteiger partial charge in [0.05, 0.1) is 0 Å². The molecule has 4 heteroatoms. The second kappa shape index (κ2) is 6.37. The maximum absolute atomic E-state index is 11.6. The van der Waals surface area contributed by atoms with Crippen LogP contribution in [0.25, 0.3) is 0 Å². The molecule has 0 bridgehead atoms. The van der Waals surface area contributed by atoms with Crippen molar-refractivity contribution in [2.24, 2.45) is 0 Å². The monoisotopic (exact) mass is 276 g/mol. The Morgan fingerprint density at radius 3 is 2.15 bits per heavy atom. The van der Waals surface area contributed by atoms with Crippen LogP contribution in [-0.4, -0.2) is 17.5 Å². The van der Waals surface area contributed by atoms with Gasteiger partial charge in [0.15, 0.2) is 5.78 Å². The summed E-state index contributed by atoms with van der Waals surface area (Å²) in [4.78, 5) is 22.8. The molecule has 1 aromatic carbocycles. The predicted octanol–water partition coefficient (Wildman–Crippen LogP) is 4.07. The molecule has 0 aliphatic carbocycles. The van der Waals surface area contributed by atoms with Crippen LogP contribution in [0.2, 0.25) is 0 Å². The van der Waals surface area contributed by atoms with Gasteiger partial charge >= 0.3 is 6.16 Å². The van der Waals surface area contributed by atoms with Crippen molar-refractivity contribution in [2.45, 2.75) is 39.4 Å². The van der Waals surface area contributed by atoms with E-state index in [1.54, 1.807) is 45.0 Å². The van der Waals surface area contributed by atoms with Crippen molar-refractivity contribution >= 4 is 11.9 Å². The summed E-state index contributed by atoms with van der Waals surface area (Å²) in [6, 6.07) is 6.83. The van der Waals surface area contributed by atoms with Crippen LogP contribution in [0.3, 0.4) is 0 Å². The minimum atomic E-state index is -0.752. The maximum atomic E-state index is 11.6. The summed E-state index contributed by atoms with van der Waals surface area (Å²) in [5.41, 5.74) is 0.728. The molecule has 1 rings (SSSR count). The third-order valence-corrected chi connectivity index (χ3v) is 2.47. The molecule has 1 atom stereocenters. The zero-order chi connectivity index (χ0) is 15.3. The van der Waals surface area contributed by atoms with Crippen LogP contribution in [0.5, 0.6) is 0 Å². The third kappa shape index (κ3) is 4.88. The van der Waals surface area contributed by atoms with Crippen molar-refractivity contribution < 1.29 is 19.1 Å². The Morgan fingerprint density at radius 1 is 1.20 bits per heavy atom. The molecule has 0 fully saturated rings. The van der Waals surface area contributed by atoms with Gasteiger partial charge in [0.25, 0.3) is 0 Å². The van der Waals surface area contributed by atoms with E-state index < -0.39 is 17.9 Å². The summed E-state index contributed by atoms with van der Waals surface area (Å²) in [6.45, 7) is 10.4. The molecule has 0 aliphatic heterocycles. The smallest absolute Gasteiger partial charge is 0.429 e. The second-order valence-electron chi connectivity index (χ2n) is 5.42. The van der Waals surface area contributed by atoms with Crippen LogP contribution in [0.1, 0.15) is 49.7 Å². The van der Waals surface area contributed by atoms with Gasteiger partial charge in [-0.3, -0.25) is 4.79 Å². The molecule has 0 radical (unpaired) electrons. The van der Waals surface area contributed by atoms with E-state index in [9.17, 15) is 9.59 Å². The van der Waals surface area contributed by atoms with E-state index in [0.29, 0.717) is 5.56 Å². The zero-order valence-electron chi connectivity index (χ0n) is 12.3. The Morgan fingerprint density at radius 2 is 1.75 bits per heavy atom. The molecule has 1 aromatic rings. The third-order valence-electron chi connectivity index (χ3n) is 2.47. The number of ketones is 1. The van der Waals surface area contributed by atoms with Crippen molar-refractivity contribution in [3.8, 4) is 0 Å². The Balaban J connectivity index is 2.78. The van der Waals surface area contributed by atoms with Crippen LogP contribution in [0.15, 0.2) is 36.9 Å². The lowest BCUT2D eigenvalue weighted by Gasteiger charge is -2.21. The van der Waals surface area contributed by atoms with Gasteiger partial charge in [0.1, 0.15) is 11.7 Å². The van der Waals surface area contributed by atoms with E-state index in [1.165, 1.54) is 13.0 Å². The molecule has 0 amide bonds. The molecule has 4 nitrogen and oxygen atoms in total. The highest BCUT2D eigenvalue weighted by Crippen LogP contribution is 2.21. The zero-order valence-corrected chi connectivity index (χ0v) is 12.3. The van der Waals surface area contributed by atoms with Gasteiger partial charge in [0, 0.05) is 5.56 Å². The van der Waals surface area contributed by atoms with Crippen molar-refractivity contribution in [3.05, 3.63) is 48.0 Å². The summed E-state index contributed by atoms with van der Waals surface area (Å²) in [7, 11) is 0. The topological polar surface area (TPSA) is 52.6 Å². The number of hydrogen-bond acceptors (Lipinski definition) is 4. The van der Waals surface area contributed by atoms with E-state index in [2.05, 4.69) is 6.58 Å². The van der Waals surface area contributed by atoms with E-state index in [4.69, 9.17) is 9.47 Å². The number of carbonyl (C=O) groups excluding carboxylic acids is 2. The number of ether oxygens (including phenoxy) is 2. The molecule has 108 valence electrons. The van der Waals surface area contributed by atoms with E-state index >= 15 is 0 Å². The molecule has 0 heterocycles. The number of benzene rings is 1. The van der Waals surface area contributed by atoms with Gasteiger partial charge in [-0.2, -0.15) is 0 Å². The first-order valence-electron chi connectivity index (χ1n) is 6.36. The minimum Gasteiger partial charge on any atom is -0.429 e. The quantitative estimate of drug-likeness (QED) is 0.472. The first-order chi connectivity index (χ1) is 9.23. The summed E-state index contributed by atoms with van der Waals surface area (Å²) in [5, 5.41) is 0. The summed E-state index contributed by atoms with van der Waals surface area (Å²) in [5.74, 6) is -0.0141. The first kappa shape index (κ1) is 16.0. The van der Waals surface area contributed by atoms with Gasteiger partial charge in [-0.1, -0.05) is 30.8 Å². The van der Waals surface area contributed by atoms with Crippen molar-refractivity contribution in [1.82, 2.24) is 0 Å². The van der Waals surface area contributed by atoms with Crippen LogP contribution < -0.4 is 0 Å². The molecule has 0 aromatic heterocycles. The average molecular weight is 276 g/mol. The van der Waals surface area contributed by atoms with Crippen LogP contribution in [-0.2, 0) is 9.47 Å². The average Bonchev–Trinajstić information content (AvgIpc) is 2.34. The fourth-order valence-corrected chi connectivity index (χ4v) is 1.54. The van der Waals surface area contributed by atoms with Crippen LogP contribution in [0.4, 0.5) is 4.79 Å². The molecule has 0 saturated carbocycles. The van der Waals surface area contributed by atoms with Crippen LogP contribution >= 0.6 is 0 Å². The Bertz CT molecular complexity index is 494. The number of rotatable bonds is 4. The van der Waals surface area contributed by atoms with E-state index in [0.717, 1.165) is 5.56 Å². The Kier molecular flexibility index (Phi) is 5.08. The van der Waals surface area contributed by atoms with Crippen molar-refractivity contribution in [3.63, 3.8) is 0 Å². The van der Waals surface area contributed by atoms with Gasteiger partial charge in [0.2, 0.25) is 0 Å². The minimum absolute atomic E-state index is 0.0141. The summed E-state index contributed by atoms with van der Waals surface area (Å²) in [6.07, 6.45) is 0.149. The largest absolute Gasteiger partial charge is 0.509 e. The molecule has 20 heavy (non-hydrogen) atoms. The number of carbonyl (C=O) groups is 2. The van der Waals surface area contributed by atoms with E-state index in [1.807, 2.05) is 0 Å². The second-order valence-corrected chi connectivity index (χ2v) is 5.42. The standard InChI is InChI=1S/C16H20O4/c1-6-14(19-15(18)20-16(3,4)5)13-9-7-12(8-10-13)11(2)17/h6-10,14H,1H2,2-5H3. The van der Waals surface area contributed by atoms with Gasteiger partial charge in [-0.25, -0.2) is 4.79 Å². The summed E-state index contributed by atoms with van der Waals surface area (Å²) >= 11 is 0. The number of hydrogen-bond donors (Lipinski definition) is 0. The highest BCUT2D eigenvalue weighted by atomic mass is 16.7. The molecule has 0 saturated heterocycles. The Labute approximate surface area is 119 Å². The first-order valence-corrected chi connectivity index (χ1v) is 6.36. The molecule has 1 unspecified atom stereocenters. The Hall–Kier alpha value is -2.10. The lowest BCUT2D eigenvalue weighted by Crippen LogP contribution is -2.25. The molecular formula is C16H20O4. The van der Waals surface area contributed by atoms with Crippen molar-refractivity contribution in [2.75, 3.05) is 0 Å². The summed E-state index contributed by atoms with van der Waals surface area (Å²) < 4.78 is 10.3. The molecule has 0 spiro atoms. The SMILES string of the molecule is C=CC(OC(=O)OC(C)(C)C)c1ccc(C(C)=O)cc1. The highest BCUT2D eigenvalue weighted by Gasteiger charge is 2.21.